The third-order valence-electron chi connectivity index (χ3n) is 2.44. The highest BCUT2D eigenvalue weighted by molar-refractivity contribution is 7.10. The van der Waals surface area contributed by atoms with Gasteiger partial charge in [0.2, 0.25) is 0 Å². The van der Waals surface area contributed by atoms with E-state index in [4.69, 9.17) is 0 Å². The Balaban J connectivity index is 2.07. The molecule has 3 nitrogen and oxygen atoms in total. The van der Waals surface area contributed by atoms with Crippen LogP contribution < -0.4 is 10.2 Å². The summed E-state index contributed by atoms with van der Waals surface area (Å²) in [7, 11) is 0. The van der Waals surface area contributed by atoms with E-state index in [1.807, 2.05) is 0 Å². The second-order valence-electron chi connectivity index (χ2n) is 3.94. The molecule has 2 rings (SSSR count). The largest absolute Gasteiger partial charge is 0.353 e. The van der Waals surface area contributed by atoms with Crippen molar-refractivity contribution in [3.05, 3.63) is 10.4 Å². The Morgan fingerprint density at radius 3 is 2.71 bits per heavy atom. The molecule has 0 aliphatic carbocycles. The van der Waals surface area contributed by atoms with Crippen LogP contribution in [0.3, 0.4) is 0 Å². The number of hydrogen-bond donors (Lipinski definition) is 1. The number of rotatable bonds is 2. The fourth-order valence-electron chi connectivity index (χ4n) is 1.58. The summed E-state index contributed by atoms with van der Waals surface area (Å²) >= 11 is 1.78. The number of anilines is 1. The molecular formula is C10H17N3S. The lowest BCUT2D eigenvalue weighted by Crippen LogP contribution is -2.43. The van der Waals surface area contributed by atoms with Crippen molar-refractivity contribution >= 4 is 17.2 Å². The van der Waals surface area contributed by atoms with Gasteiger partial charge in [-0.05, 0) is 0 Å². The van der Waals surface area contributed by atoms with Gasteiger partial charge in [0.25, 0.3) is 0 Å². The number of piperazine rings is 1. The minimum absolute atomic E-state index is 0.552. The Morgan fingerprint density at radius 2 is 2.14 bits per heavy atom. The van der Waals surface area contributed by atoms with Gasteiger partial charge in [0.15, 0.2) is 0 Å². The van der Waals surface area contributed by atoms with E-state index in [-0.39, 0.29) is 0 Å². The lowest BCUT2D eigenvalue weighted by Gasteiger charge is -2.27. The number of aromatic nitrogens is 1. The summed E-state index contributed by atoms with van der Waals surface area (Å²) in [6, 6.07) is 0. The van der Waals surface area contributed by atoms with Crippen molar-refractivity contribution in [2.75, 3.05) is 31.1 Å². The SMILES string of the molecule is CC(C)c1nc(N2CCNCC2)cs1. The first-order valence-electron chi connectivity index (χ1n) is 5.18. The van der Waals surface area contributed by atoms with Crippen molar-refractivity contribution in [3.63, 3.8) is 0 Å². The minimum Gasteiger partial charge on any atom is -0.353 e. The molecule has 0 saturated carbocycles. The second kappa shape index (κ2) is 4.28. The maximum atomic E-state index is 4.65. The van der Waals surface area contributed by atoms with Crippen LogP contribution in [0.5, 0.6) is 0 Å². The summed E-state index contributed by atoms with van der Waals surface area (Å²) in [5.74, 6) is 1.72. The van der Waals surface area contributed by atoms with E-state index < -0.39 is 0 Å². The molecule has 2 heterocycles. The van der Waals surface area contributed by atoms with Crippen LogP contribution in [0.2, 0.25) is 0 Å². The van der Waals surface area contributed by atoms with Gasteiger partial charge >= 0.3 is 0 Å². The Labute approximate surface area is 89.1 Å². The topological polar surface area (TPSA) is 28.2 Å². The summed E-state index contributed by atoms with van der Waals surface area (Å²) in [6.07, 6.45) is 0. The zero-order valence-corrected chi connectivity index (χ0v) is 9.60. The predicted octanol–water partition coefficient (Wildman–Crippen LogP) is 1.68. The van der Waals surface area contributed by atoms with Crippen LogP contribution in [0.25, 0.3) is 0 Å². The van der Waals surface area contributed by atoms with E-state index in [0.717, 1.165) is 26.2 Å². The molecule has 1 saturated heterocycles. The highest BCUT2D eigenvalue weighted by atomic mass is 32.1. The number of nitrogens with one attached hydrogen (secondary N) is 1. The lowest BCUT2D eigenvalue weighted by atomic mass is 10.2. The number of nitrogens with zero attached hydrogens (tertiary/aromatic N) is 2. The van der Waals surface area contributed by atoms with Gasteiger partial charge in [-0.3, -0.25) is 0 Å². The van der Waals surface area contributed by atoms with Gasteiger partial charge < -0.3 is 10.2 Å². The van der Waals surface area contributed by atoms with Gasteiger partial charge in [-0.2, -0.15) is 0 Å². The first-order valence-corrected chi connectivity index (χ1v) is 6.06. The van der Waals surface area contributed by atoms with Gasteiger partial charge in [0.05, 0.1) is 5.01 Å². The normalized spacial score (nSPS) is 17.8. The van der Waals surface area contributed by atoms with Gasteiger partial charge in [-0.1, -0.05) is 13.8 Å². The molecule has 1 N–H and O–H groups in total. The molecular weight excluding hydrogens is 194 g/mol. The van der Waals surface area contributed by atoms with Crippen molar-refractivity contribution in [1.82, 2.24) is 10.3 Å². The fourth-order valence-corrected chi connectivity index (χ4v) is 2.43. The van der Waals surface area contributed by atoms with Crippen molar-refractivity contribution in [2.24, 2.45) is 0 Å². The van der Waals surface area contributed by atoms with E-state index in [0.29, 0.717) is 5.92 Å². The molecule has 0 unspecified atom stereocenters. The first kappa shape index (κ1) is 9.93. The summed E-state index contributed by atoms with van der Waals surface area (Å²) in [6.45, 7) is 8.71. The quantitative estimate of drug-likeness (QED) is 0.806. The molecule has 14 heavy (non-hydrogen) atoms. The Hall–Kier alpha value is -0.610. The molecule has 0 amide bonds. The molecule has 0 bridgehead atoms. The molecule has 1 aliphatic heterocycles. The van der Waals surface area contributed by atoms with Crippen LogP contribution in [0.4, 0.5) is 5.82 Å². The van der Waals surface area contributed by atoms with Crippen molar-refractivity contribution in [3.8, 4) is 0 Å². The average molecular weight is 211 g/mol. The predicted molar refractivity (Wildman–Crippen MR) is 61.3 cm³/mol. The Morgan fingerprint density at radius 1 is 1.43 bits per heavy atom. The lowest BCUT2D eigenvalue weighted by molar-refractivity contribution is 0.585. The van der Waals surface area contributed by atoms with Crippen molar-refractivity contribution in [2.45, 2.75) is 19.8 Å². The van der Waals surface area contributed by atoms with E-state index in [2.05, 4.69) is 34.4 Å². The monoisotopic (exact) mass is 211 g/mol. The van der Waals surface area contributed by atoms with Crippen molar-refractivity contribution < 1.29 is 0 Å². The van der Waals surface area contributed by atoms with Gasteiger partial charge in [0, 0.05) is 37.5 Å². The molecule has 1 aromatic rings. The van der Waals surface area contributed by atoms with Gasteiger partial charge in [-0.25, -0.2) is 4.98 Å². The molecule has 1 fully saturated rings. The maximum absolute atomic E-state index is 4.65. The van der Waals surface area contributed by atoms with E-state index in [9.17, 15) is 0 Å². The standard InChI is InChI=1S/C10H17N3S/c1-8(2)10-12-9(7-14-10)13-5-3-11-4-6-13/h7-8,11H,3-6H2,1-2H3. The molecule has 78 valence electrons. The fraction of sp³-hybridized carbons (Fsp3) is 0.700. The molecule has 0 spiro atoms. The van der Waals surface area contributed by atoms with Crippen LogP contribution in [0.15, 0.2) is 5.38 Å². The minimum atomic E-state index is 0.552. The van der Waals surface area contributed by atoms with E-state index >= 15 is 0 Å². The van der Waals surface area contributed by atoms with Crippen LogP contribution in [-0.2, 0) is 0 Å². The van der Waals surface area contributed by atoms with Gasteiger partial charge in [-0.15, -0.1) is 11.3 Å². The van der Waals surface area contributed by atoms with E-state index in [1.165, 1.54) is 10.8 Å². The number of thiazole rings is 1. The van der Waals surface area contributed by atoms with Crippen LogP contribution in [0, 0.1) is 0 Å². The Bertz CT molecular complexity index is 289. The second-order valence-corrected chi connectivity index (χ2v) is 4.83. The smallest absolute Gasteiger partial charge is 0.139 e. The zero-order chi connectivity index (χ0) is 9.97. The zero-order valence-electron chi connectivity index (χ0n) is 8.79. The highest BCUT2D eigenvalue weighted by Crippen LogP contribution is 2.24. The third-order valence-corrected chi connectivity index (χ3v) is 3.58. The highest BCUT2D eigenvalue weighted by Gasteiger charge is 2.14. The molecule has 1 aromatic heterocycles. The molecule has 0 atom stereocenters. The summed E-state index contributed by atoms with van der Waals surface area (Å²) < 4.78 is 0. The Kier molecular flexibility index (Phi) is 3.03. The van der Waals surface area contributed by atoms with E-state index in [1.54, 1.807) is 11.3 Å². The first-order chi connectivity index (χ1) is 6.77. The van der Waals surface area contributed by atoms with Crippen molar-refractivity contribution in [1.29, 1.82) is 0 Å². The summed E-state index contributed by atoms with van der Waals surface area (Å²) in [5, 5.41) is 6.78. The van der Waals surface area contributed by atoms with Crippen LogP contribution >= 0.6 is 11.3 Å². The summed E-state index contributed by atoms with van der Waals surface area (Å²) in [5.41, 5.74) is 0. The van der Waals surface area contributed by atoms with Crippen LogP contribution in [0.1, 0.15) is 24.8 Å². The van der Waals surface area contributed by atoms with Crippen LogP contribution in [-0.4, -0.2) is 31.2 Å². The molecule has 1 aliphatic rings. The molecule has 0 radical (unpaired) electrons. The maximum Gasteiger partial charge on any atom is 0.139 e. The molecule has 0 aromatic carbocycles. The summed E-state index contributed by atoms with van der Waals surface area (Å²) in [4.78, 5) is 7.01. The third kappa shape index (κ3) is 2.07. The number of hydrogen-bond acceptors (Lipinski definition) is 4. The van der Waals surface area contributed by atoms with Gasteiger partial charge in [0.1, 0.15) is 5.82 Å². The molecule has 4 heteroatoms. The average Bonchev–Trinajstić information content (AvgIpc) is 2.68.